The average molecular weight is 297 g/mol. The highest BCUT2D eigenvalue weighted by molar-refractivity contribution is 7.80. The van der Waals surface area contributed by atoms with Crippen molar-refractivity contribution in [3.8, 4) is 11.1 Å². The fraction of sp³-hybridized carbons (Fsp3) is 0.222. The Morgan fingerprint density at radius 1 is 1.05 bits per heavy atom. The maximum atomic E-state index is 11.7. The molecule has 2 N–H and O–H groups in total. The molecule has 0 aliphatic heterocycles. The Bertz CT molecular complexity index is 619. The van der Waals surface area contributed by atoms with Crippen LogP contribution in [0.2, 0.25) is 0 Å². The minimum absolute atomic E-state index is 0.120. The van der Waals surface area contributed by atoms with E-state index in [0.29, 0.717) is 17.8 Å². The molecule has 0 heterocycles. The van der Waals surface area contributed by atoms with Gasteiger partial charge in [0.15, 0.2) is 0 Å². The Morgan fingerprint density at radius 3 is 2.14 bits per heavy atom. The predicted octanol–water partition coefficient (Wildman–Crippen LogP) is 3.78. The molecule has 0 spiro atoms. The third-order valence-corrected chi connectivity index (χ3v) is 3.73. The normalized spacial score (nSPS) is 11.9. The summed E-state index contributed by atoms with van der Waals surface area (Å²) in [5.41, 5.74) is 9.06. The van der Waals surface area contributed by atoms with E-state index in [9.17, 15) is 4.79 Å². The second-order valence-corrected chi connectivity index (χ2v) is 5.77. The Hall–Kier alpha value is -2.00. The van der Waals surface area contributed by atoms with Gasteiger partial charge in [-0.05, 0) is 30.0 Å². The molecule has 2 aromatic carbocycles. The number of carbonyl (C=O) groups excluding carboxylic acids is 1. The maximum Gasteiger partial charge on any atom is 0.133 e. The molecule has 21 heavy (non-hydrogen) atoms. The smallest absolute Gasteiger partial charge is 0.133 e. The quantitative estimate of drug-likeness (QED) is 0.825. The number of Topliss-reactive ketones (excluding diaryl/α,β-unsaturated/α-hetero) is 1. The van der Waals surface area contributed by atoms with Gasteiger partial charge in [-0.1, -0.05) is 66.8 Å². The van der Waals surface area contributed by atoms with Crippen LogP contribution in [-0.2, 0) is 11.2 Å². The summed E-state index contributed by atoms with van der Waals surface area (Å²) in [6, 6.07) is 18.5. The van der Waals surface area contributed by atoms with Gasteiger partial charge in [-0.25, -0.2) is 0 Å². The van der Waals surface area contributed by atoms with Crippen LogP contribution in [0.4, 0.5) is 0 Å². The summed E-state index contributed by atoms with van der Waals surface area (Å²) in [7, 11) is 0. The van der Waals surface area contributed by atoms with Gasteiger partial charge >= 0.3 is 0 Å². The minimum atomic E-state index is -0.120. The van der Waals surface area contributed by atoms with Crippen molar-refractivity contribution < 1.29 is 4.79 Å². The van der Waals surface area contributed by atoms with Crippen LogP contribution < -0.4 is 5.73 Å². The molecule has 0 aromatic heterocycles. The molecule has 0 bridgehead atoms. The molecule has 0 saturated heterocycles. The molecule has 0 saturated carbocycles. The van der Waals surface area contributed by atoms with Gasteiger partial charge in [0.25, 0.3) is 0 Å². The van der Waals surface area contributed by atoms with Gasteiger partial charge in [0.2, 0.25) is 0 Å². The largest absolute Gasteiger partial charge is 0.393 e. The zero-order valence-corrected chi connectivity index (χ0v) is 12.9. The van der Waals surface area contributed by atoms with Crippen LogP contribution in [0.1, 0.15) is 18.9 Å². The van der Waals surface area contributed by atoms with Gasteiger partial charge in [0.05, 0.1) is 4.99 Å². The molecule has 1 atom stereocenters. The summed E-state index contributed by atoms with van der Waals surface area (Å²) in [6.07, 6.45) is 1.16. The lowest BCUT2D eigenvalue weighted by molar-refractivity contribution is -0.120. The molecule has 0 aliphatic rings. The molecule has 0 radical (unpaired) electrons. The number of nitrogens with two attached hydrogens (primary N) is 1. The van der Waals surface area contributed by atoms with E-state index in [0.717, 1.165) is 5.56 Å². The van der Waals surface area contributed by atoms with Crippen molar-refractivity contribution in [3.63, 3.8) is 0 Å². The highest BCUT2D eigenvalue weighted by Crippen LogP contribution is 2.21. The molecular weight excluding hydrogens is 278 g/mol. The zero-order valence-electron chi connectivity index (χ0n) is 12.1. The molecule has 0 fully saturated rings. The van der Waals surface area contributed by atoms with E-state index in [-0.39, 0.29) is 11.7 Å². The van der Waals surface area contributed by atoms with Crippen molar-refractivity contribution in [1.82, 2.24) is 0 Å². The van der Waals surface area contributed by atoms with Crippen molar-refractivity contribution in [2.24, 2.45) is 11.7 Å². The van der Waals surface area contributed by atoms with Crippen molar-refractivity contribution >= 4 is 23.0 Å². The van der Waals surface area contributed by atoms with Crippen LogP contribution in [-0.4, -0.2) is 10.8 Å². The minimum Gasteiger partial charge on any atom is -0.393 e. The van der Waals surface area contributed by atoms with E-state index in [1.807, 2.05) is 18.2 Å². The van der Waals surface area contributed by atoms with Gasteiger partial charge in [0.1, 0.15) is 5.78 Å². The van der Waals surface area contributed by atoms with E-state index in [4.69, 9.17) is 18.0 Å². The molecule has 1 unspecified atom stereocenters. The molecule has 2 nitrogen and oxygen atoms in total. The van der Waals surface area contributed by atoms with E-state index in [2.05, 4.69) is 36.4 Å². The highest BCUT2D eigenvalue weighted by Gasteiger charge is 2.16. The monoisotopic (exact) mass is 297 g/mol. The van der Waals surface area contributed by atoms with Gasteiger partial charge in [-0.3, -0.25) is 4.79 Å². The lowest BCUT2D eigenvalue weighted by Crippen LogP contribution is -2.21. The molecular formula is C18H19NOS. The first-order valence-electron chi connectivity index (χ1n) is 6.99. The molecule has 2 aromatic rings. The lowest BCUT2D eigenvalue weighted by atomic mass is 9.92. The molecule has 3 heteroatoms. The van der Waals surface area contributed by atoms with Crippen LogP contribution in [0.15, 0.2) is 54.6 Å². The second-order valence-electron chi connectivity index (χ2n) is 5.25. The Labute approximate surface area is 131 Å². The number of benzene rings is 2. The zero-order chi connectivity index (χ0) is 15.2. The van der Waals surface area contributed by atoms with Crippen molar-refractivity contribution in [2.75, 3.05) is 0 Å². The van der Waals surface area contributed by atoms with Gasteiger partial charge in [0, 0.05) is 12.3 Å². The summed E-state index contributed by atoms with van der Waals surface area (Å²) < 4.78 is 0. The summed E-state index contributed by atoms with van der Waals surface area (Å²) in [5.74, 6) is 0.0139. The van der Waals surface area contributed by atoms with Gasteiger partial charge in [-0.15, -0.1) is 0 Å². The first-order valence-corrected chi connectivity index (χ1v) is 7.40. The Kier molecular flexibility index (Phi) is 5.23. The lowest BCUT2D eigenvalue weighted by Gasteiger charge is -2.13. The first-order chi connectivity index (χ1) is 10.1. The topological polar surface area (TPSA) is 43.1 Å². The maximum absolute atomic E-state index is 11.7. The van der Waals surface area contributed by atoms with Crippen molar-refractivity contribution in [2.45, 2.75) is 19.8 Å². The molecule has 0 amide bonds. The van der Waals surface area contributed by atoms with Crippen molar-refractivity contribution in [3.05, 3.63) is 60.2 Å². The molecule has 2 rings (SSSR count). The van der Waals surface area contributed by atoms with Crippen LogP contribution >= 0.6 is 12.2 Å². The number of carbonyl (C=O) groups is 1. The molecule has 108 valence electrons. The van der Waals surface area contributed by atoms with Crippen LogP contribution in [0.5, 0.6) is 0 Å². The van der Waals surface area contributed by atoms with Gasteiger partial charge in [-0.2, -0.15) is 0 Å². The summed E-state index contributed by atoms with van der Waals surface area (Å²) in [6.45, 7) is 1.60. The average Bonchev–Trinajstić information content (AvgIpc) is 2.48. The van der Waals surface area contributed by atoms with E-state index in [1.165, 1.54) is 11.1 Å². The summed E-state index contributed by atoms with van der Waals surface area (Å²) in [5, 5.41) is 0. The van der Waals surface area contributed by atoms with E-state index >= 15 is 0 Å². The van der Waals surface area contributed by atoms with Gasteiger partial charge < -0.3 is 5.73 Å². The number of hydrogen-bond donors (Lipinski definition) is 1. The van der Waals surface area contributed by atoms with E-state index in [1.54, 1.807) is 6.92 Å². The van der Waals surface area contributed by atoms with Crippen molar-refractivity contribution in [1.29, 1.82) is 0 Å². The Morgan fingerprint density at radius 2 is 1.62 bits per heavy atom. The third-order valence-electron chi connectivity index (χ3n) is 3.57. The fourth-order valence-corrected chi connectivity index (χ4v) is 2.55. The van der Waals surface area contributed by atoms with Crippen LogP contribution in [0, 0.1) is 5.92 Å². The second kappa shape index (κ2) is 7.14. The van der Waals surface area contributed by atoms with Crippen LogP contribution in [0.3, 0.4) is 0 Å². The summed E-state index contributed by atoms with van der Waals surface area (Å²) in [4.78, 5) is 12.1. The highest BCUT2D eigenvalue weighted by atomic mass is 32.1. The number of thiocarbonyl (C=S) groups is 1. The number of ketones is 1. The summed E-state index contributed by atoms with van der Waals surface area (Å²) >= 11 is 4.92. The fourth-order valence-electron chi connectivity index (χ4n) is 2.35. The number of rotatable bonds is 6. The standard InChI is InChI=1S/C18H19NOS/c1-13(20)17(12-18(19)21)11-14-7-9-16(10-8-14)15-5-3-2-4-6-15/h2-10,17H,11-12H2,1H3,(H2,19,21). The molecule has 0 aliphatic carbocycles. The van der Waals surface area contributed by atoms with Crippen LogP contribution in [0.25, 0.3) is 11.1 Å². The number of hydrogen-bond acceptors (Lipinski definition) is 2. The predicted molar refractivity (Wildman–Crippen MR) is 91.2 cm³/mol. The third kappa shape index (κ3) is 4.50. The Balaban J connectivity index is 2.11. The van der Waals surface area contributed by atoms with E-state index < -0.39 is 0 Å². The first kappa shape index (κ1) is 15.4. The SMILES string of the molecule is CC(=O)C(CC(N)=S)Cc1ccc(-c2ccccc2)cc1.